The molecule has 1 N–H and O–H groups in total. The highest BCUT2D eigenvalue weighted by atomic mass is 16.5. The average Bonchev–Trinajstić information content (AvgIpc) is 2.86. The van der Waals surface area contributed by atoms with Crippen LogP contribution in [-0.2, 0) is 16.1 Å². The van der Waals surface area contributed by atoms with E-state index in [1.54, 1.807) is 7.11 Å². The van der Waals surface area contributed by atoms with Crippen molar-refractivity contribution in [2.24, 2.45) is 5.92 Å². The molecule has 2 unspecified atom stereocenters. The van der Waals surface area contributed by atoms with E-state index in [1.807, 2.05) is 0 Å². The Labute approximate surface area is 116 Å². The fourth-order valence-corrected chi connectivity index (χ4v) is 2.57. The van der Waals surface area contributed by atoms with Crippen molar-refractivity contribution < 1.29 is 9.47 Å². The van der Waals surface area contributed by atoms with E-state index in [0.29, 0.717) is 18.6 Å². The molecular formula is C16H25NO2. The molecule has 0 aliphatic carbocycles. The summed E-state index contributed by atoms with van der Waals surface area (Å²) < 4.78 is 11.1. The molecule has 0 radical (unpaired) electrons. The van der Waals surface area contributed by atoms with E-state index in [-0.39, 0.29) is 6.10 Å². The molecule has 3 heteroatoms. The molecule has 0 aromatic heterocycles. The van der Waals surface area contributed by atoms with E-state index in [0.717, 1.165) is 19.6 Å². The summed E-state index contributed by atoms with van der Waals surface area (Å²) in [4.78, 5) is 0. The predicted molar refractivity (Wildman–Crippen MR) is 77.1 cm³/mol. The van der Waals surface area contributed by atoms with Crippen LogP contribution in [0.25, 0.3) is 0 Å². The van der Waals surface area contributed by atoms with Crippen molar-refractivity contribution in [1.82, 2.24) is 5.32 Å². The zero-order valence-electron chi connectivity index (χ0n) is 12.2. The van der Waals surface area contributed by atoms with Crippen molar-refractivity contribution in [3.63, 3.8) is 0 Å². The Balaban J connectivity index is 1.98. The highest BCUT2D eigenvalue weighted by molar-refractivity contribution is 5.25. The molecule has 1 aliphatic heterocycles. The van der Waals surface area contributed by atoms with E-state index >= 15 is 0 Å². The van der Waals surface area contributed by atoms with Crippen LogP contribution in [0, 0.1) is 5.92 Å². The van der Waals surface area contributed by atoms with Gasteiger partial charge in [-0.05, 0) is 17.5 Å². The van der Waals surface area contributed by atoms with Gasteiger partial charge in [-0.3, -0.25) is 0 Å². The SMILES string of the molecule is COCc1ccc(C2OCCC2CNC(C)C)cc1. The monoisotopic (exact) mass is 263 g/mol. The third kappa shape index (κ3) is 4.03. The van der Waals surface area contributed by atoms with Crippen LogP contribution in [0.2, 0.25) is 0 Å². The van der Waals surface area contributed by atoms with Gasteiger partial charge in [0.25, 0.3) is 0 Å². The van der Waals surface area contributed by atoms with Gasteiger partial charge >= 0.3 is 0 Å². The maximum Gasteiger partial charge on any atom is 0.0866 e. The minimum absolute atomic E-state index is 0.239. The first-order chi connectivity index (χ1) is 9.20. The van der Waals surface area contributed by atoms with Crippen LogP contribution >= 0.6 is 0 Å². The third-order valence-corrected chi connectivity index (χ3v) is 3.62. The summed E-state index contributed by atoms with van der Waals surface area (Å²) in [5, 5.41) is 3.52. The van der Waals surface area contributed by atoms with Crippen molar-refractivity contribution >= 4 is 0 Å². The molecule has 106 valence electrons. The summed E-state index contributed by atoms with van der Waals surface area (Å²) in [6.07, 6.45) is 1.38. The Hall–Kier alpha value is -0.900. The smallest absolute Gasteiger partial charge is 0.0866 e. The minimum atomic E-state index is 0.239. The van der Waals surface area contributed by atoms with Gasteiger partial charge in [0.15, 0.2) is 0 Å². The second kappa shape index (κ2) is 7.04. The molecule has 0 saturated carbocycles. The molecule has 1 aliphatic rings. The van der Waals surface area contributed by atoms with E-state index in [2.05, 4.69) is 43.4 Å². The Morgan fingerprint density at radius 3 is 2.68 bits per heavy atom. The van der Waals surface area contributed by atoms with Crippen LogP contribution in [0.5, 0.6) is 0 Å². The highest BCUT2D eigenvalue weighted by Gasteiger charge is 2.29. The van der Waals surface area contributed by atoms with Crippen molar-refractivity contribution in [3.05, 3.63) is 35.4 Å². The molecule has 1 fully saturated rings. The fourth-order valence-electron chi connectivity index (χ4n) is 2.57. The van der Waals surface area contributed by atoms with E-state index in [1.165, 1.54) is 11.1 Å². The van der Waals surface area contributed by atoms with Crippen molar-refractivity contribution in [2.45, 2.75) is 39.0 Å². The first-order valence-electron chi connectivity index (χ1n) is 7.13. The molecule has 1 aromatic rings. The Morgan fingerprint density at radius 1 is 1.32 bits per heavy atom. The molecule has 3 nitrogen and oxygen atoms in total. The summed E-state index contributed by atoms with van der Waals surface area (Å²) in [5.41, 5.74) is 2.49. The van der Waals surface area contributed by atoms with Crippen molar-refractivity contribution in [2.75, 3.05) is 20.3 Å². The minimum Gasteiger partial charge on any atom is -0.380 e. The van der Waals surface area contributed by atoms with E-state index < -0.39 is 0 Å². The van der Waals surface area contributed by atoms with Gasteiger partial charge in [-0.25, -0.2) is 0 Å². The van der Waals surface area contributed by atoms with Crippen LogP contribution in [0.1, 0.15) is 37.5 Å². The van der Waals surface area contributed by atoms with Gasteiger partial charge in [-0.2, -0.15) is 0 Å². The number of nitrogens with one attached hydrogen (secondary N) is 1. The molecule has 19 heavy (non-hydrogen) atoms. The second-order valence-corrected chi connectivity index (χ2v) is 5.58. The first-order valence-corrected chi connectivity index (χ1v) is 7.13. The van der Waals surface area contributed by atoms with E-state index in [9.17, 15) is 0 Å². The van der Waals surface area contributed by atoms with Gasteiger partial charge < -0.3 is 14.8 Å². The van der Waals surface area contributed by atoms with Gasteiger partial charge in [-0.1, -0.05) is 38.1 Å². The average molecular weight is 263 g/mol. The lowest BCUT2D eigenvalue weighted by atomic mass is 9.94. The Kier molecular flexibility index (Phi) is 5.37. The number of hydrogen-bond donors (Lipinski definition) is 1. The standard InChI is InChI=1S/C16H25NO2/c1-12(2)17-10-15-8-9-19-16(15)14-6-4-13(5-7-14)11-18-3/h4-7,12,15-17H,8-11H2,1-3H3. The largest absolute Gasteiger partial charge is 0.380 e. The predicted octanol–water partition coefficient (Wildman–Crippen LogP) is 2.91. The van der Waals surface area contributed by atoms with E-state index in [4.69, 9.17) is 9.47 Å². The summed E-state index contributed by atoms with van der Waals surface area (Å²) in [7, 11) is 1.72. The van der Waals surface area contributed by atoms with Crippen LogP contribution < -0.4 is 5.32 Å². The molecule has 2 rings (SSSR count). The van der Waals surface area contributed by atoms with Crippen LogP contribution in [0.15, 0.2) is 24.3 Å². The van der Waals surface area contributed by atoms with Gasteiger partial charge in [-0.15, -0.1) is 0 Å². The Morgan fingerprint density at radius 2 is 2.05 bits per heavy atom. The van der Waals surface area contributed by atoms with Gasteiger partial charge in [0.05, 0.1) is 12.7 Å². The molecule has 1 saturated heterocycles. The normalized spacial score (nSPS) is 23.2. The number of ether oxygens (including phenoxy) is 2. The first kappa shape index (κ1) is 14.5. The highest BCUT2D eigenvalue weighted by Crippen LogP contribution is 2.34. The number of hydrogen-bond acceptors (Lipinski definition) is 3. The fraction of sp³-hybridized carbons (Fsp3) is 0.625. The zero-order valence-corrected chi connectivity index (χ0v) is 12.2. The lowest BCUT2D eigenvalue weighted by molar-refractivity contribution is 0.0900. The number of benzene rings is 1. The lowest BCUT2D eigenvalue weighted by Crippen LogP contribution is -2.30. The molecule has 0 spiro atoms. The quantitative estimate of drug-likeness (QED) is 0.856. The molecule has 0 bridgehead atoms. The Bertz CT molecular complexity index is 375. The number of rotatable bonds is 6. The third-order valence-electron chi connectivity index (χ3n) is 3.62. The lowest BCUT2D eigenvalue weighted by Gasteiger charge is -2.21. The molecule has 1 aromatic carbocycles. The summed E-state index contributed by atoms with van der Waals surface area (Å²) in [6, 6.07) is 9.14. The molecule has 2 atom stereocenters. The number of methoxy groups -OCH3 is 1. The van der Waals surface area contributed by atoms with Crippen LogP contribution in [-0.4, -0.2) is 26.3 Å². The summed E-state index contributed by atoms with van der Waals surface area (Å²) >= 11 is 0. The summed E-state index contributed by atoms with van der Waals surface area (Å²) in [6.45, 7) is 6.94. The summed E-state index contributed by atoms with van der Waals surface area (Å²) in [5.74, 6) is 0.579. The van der Waals surface area contributed by atoms with Crippen molar-refractivity contribution in [1.29, 1.82) is 0 Å². The molecule has 1 heterocycles. The van der Waals surface area contributed by atoms with Crippen LogP contribution in [0.4, 0.5) is 0 Å². The van der Waals surface area contributed by atoms with Gasteiger partial charge in [0.1, 0.15) is 0 Å². The molecular weight excluding hydrogens is 238 g/mol. The topological polar surface area (TPSA) is 30.5 Å². The van der Waals surface area contributed by atoms with Crippen molar-refractivity contribution in [3.8, 4) is 0 Å². The zero-order chi connectivity index (χ0) is 13.7. The maximum absolute atomic E-state index is 5.91. The van der Waals surface area contributed by atoms with Gasteiger partial charge in [0.2, 0.25) is 0 Å². The van der Waals surface area contributed by atoms with Gasteiger partial charge in [0, 0.05) is 32.2 Å². The second-order valence-electron chi connectivity index (χ2n) is 5.58. The van der Waals surface area contributed by atoms with Crippen LogP contribution in [0.3, 0.4) is 0 Å². The maximum atomic E-state index is 5.91. The molecule has 0 amide bonds.